The summed E-state index contributed by atoms with van der Waals surface area (Å²) in [4.78, 5) is 12.3. The molecule has 3 N–H and O–H groups in total. The van der Waals surface area contributed by atoms with E-state index in [4.69, 9.17) is 5.14 Å². The van der Waals surface area contributed by atoms with E-state index in [0.717, 1.165) is 24.8 Å². The smallest absolute Gasteiger partial charge is 0.251 e. The number of amides is 1. The number of nitrogens with two attached hydrogens (primary N) is 1. The lowest BCUT2D eigenvalue weighted by molar-refractivity contribution is 0.0935. The number of primary sulfonamides is 1. The van der Waals surface area contributed by atoms with Crippen LogP contribution in [0.1, 0.15) is 49.0 Å². The zero-order valence-electron chi connectivity index (χ0n) is 12.6. The third kappa shape index (κ3) is 3.83. The van der Waals surface area contributed by atoms with Crippen molar-refractivity contribution in [2.24, 2.45) is 10.6 Å². The van der Waals surface area contributed by atoms with Crippen LogP contribution in [0.3, 0.4) is 0 Å². The molecule has 0 bridgehead atoms. The fraction of sp³-hybridized carbons (Fsp3) is 0.533. The van der Waals surface area contributed by atoms with Gasteiger partial charge in [-0.05, 0) is 49.3 Å². The second-order valence-corrected chi connectivity index (χ2v) is 8.16. The second-order valence-electron chi connectivity index (χ2n) is 6.60. The molecule has 1 amide bonds. The molecular weight excluding hydrogens is 288 g/mol. The molecule has 0 aliphatic heterocycles. The molecule has 0 spiro atoms. The van der Waals surface area contributed by atoms with Crippen LogP contribution in [0.15, 0.2) is 23.1 Å². The van der Waals surface area contributed by atoms with E-state index >= 15 is 0 Å². The van der Waals surface area contributed by atoms with Crippen molar-refractivity contribution in [3.63, 3.8) is 0 Å². The standard InChI is InChI=1S/C15H22N2O3S/c1-10-4-5-12(21(16,19)20)8-13(10)14(18)17-11-6-7-15(2,3)9-11/h4-5,8,11H,6-7,9H2,1-3H3,(H,17,18)(H2,16,19,20). The van der Waals surface area contributed by atoms with Crippen molar-refractivity contribution < 1.29 is 13.2 Å². The molecule has 1 saturated carbocycles. The van der Waals surface area contributed by atoms with Crippen molar-refractivity contribution in [2.75, 3.05) is 0 Å². The SMILES string of the molecule is Cc1ccc(S(N)(=O)=O)cc1C(=O)NC1CCC(C)(C)C1. The highest BCUT2D eigenvalue weighted by Crippen LogP contribution is 2.37. The zero-order chi connectivity index (χ0) is 15.8. The molecule has 2 rings (SSSR count). The Morgan fingerprint density at radius 1 is 1.38 bits per heavy atom. The van der Waals surface area contributed by atoms with E-state index in [-0.39, 0.29) is 22.3 Å². The first kappa shape index (κ1) is 16.0. The first-order chi connectivity index (χ1) is 9.58. The van der Waals surface area contributed by atoms with Gasteiger partial charge in [-0.2, -0.15) is 0 Å². The number of carbonyl (C=O) groups excluding carboxylic acids is 1. The highest BCUT2D eigenvalue weighted by molar-refractivity contribution is 7.89. The van der Waals surface area contributed by atoms with Crippen LogP contribution in [0, 0.1) is 12.3 Å². The largest absolute Gasteiger partial charge is 0.349 e. The van der Waals surface area contributed by atoms with Crippen molar-refractivity contribution in [2.45, 2.75) is 51.0 Å². The Hall–Kier alpha value is -1.40. The fourth-order valence-electron chi connectivity index (χ4n) is 2.85. The van der Waals surface area contributed by atoms with E-state index in [9.17, 15) is 13.2 Å². The summed E-state index contributed by atoms with van der Waals surface area (Å²) < 4.78 is 22.8. The molecule has 5 nitrogen and oxygen atoms in total. The number of carbonyl (C=O) groups is 1. The van der Waals surface area contributed by atoms with Crippen molar-refractivity contribution in [3.05, 3.63) is 29.3 Å². The molecule has 0 saturated heterocycles. The van der Waals surface area contributed by atoms with E-state index in [1.54, 1.807) is 13.0 Å². The van der Waals surface area contributed by atoms with Crippen LogP contribution in [0.4, 0.5) is 0 Å². The molecule has 1 aliphatic rings. The number of benzene rings is 1. The predicted molar refractivity (Wildman–Crippen MR) is 81.4 cm³/mol. The maximum absolute atomic E-state index is 12.4. The molecule has 1 aromatic carbocycles. The molecule has 0 heterocycles. The third-order valence-electron chi connectivity index (χ3n) is 4.09. The molecule has 6 heteroatoms. The minimum Gasteiger partial charge on any atom is -0.349 e. The average molecular weight is 310 g/mol. The van der Waals surface area contributed by atoms with Crippen LogP contribution in [-0.2, 0) is 10.0 Å². The van der Waals surface area contributed by atoms with E-state index in [1.807, 2.05) is 0 Å². The zero-order valence-corrected chi connectivity index (χ0v) is 13.5. The van der Waals surface area contributed by atoms with E-state index in [2.05, 4.69) is 19.2 Å². The fourth-order valence-corrected chi connectivity index (χ4v) is 3.39. The number of nitrogens with one attached hydrogen (secondary N) is 1. The molecular formula is C15H22N2O3S. The Morgan fingerprint density at radius 3 is 2.57 bits per heavy atom. The normalized spacial score (nSPS) is 21.2. The van der Waals surface area contributed by atoms with Gasteiger partial charge in [0.2, 0.25) is 10.0 Å². The van der Waals surface area contributed by atoms with Crippen LogP contribution < -0.4 is 10.5 Å². The highest BCUT2D eigenvalue weighted by atomic mass is 32.2. The molecule has 1 aromatic rings. The van der Waals surface area contributed by atoms with Gasteiger partial charge in [0.25, 0.3) is 5.91 Å². The lowest BCUT2D eigenvalue weighted by Crippen LogP contribution is -2.34. The topological polar surface area (TPSA) is 89.3 Å². The summed E-state index contributed by atoms with van der Waals surface area (Å²) in [6.07, 6.45) is 2.97. The minimum atomic E-state index is -3.80. The van der Waals surface area contributed by atoms with Crippen molar-refractivity contribution in [1.29, 1.82) is 0 Å². The Kier molecular flexibility index (Phi) is 4.13. The quantitative estimate of drug-likeness (QED) is 0.894. The summed E-state index contributed by atoms with van der Waals surface area (Å²) in [7, 11) is -3.80. The molecule has 1 aliphatic carbocycles. The van der Waals surface area contributed by atoms with Crippen LogP contribution in [-0.4, -0.2) is 20.4 Å². The Bertz CT molecular complexity index is 665. The summed E-state index contributed by atoms with van der Waals surface area (Å²) in [6, 6.07) is 4.51. The Morgan fingerprint density at radius 2 is 2.05 bits per heavy atom. The minimum absolute atomic E-state index is 0.0370. The van der Waals surface area contributed by atoms with Crippen LogP contribution in [0.25, 0.3) is 0 Å². The van der Waals surface area contributed by atoms with E-state index < -0.39 is 10.0 Å². The van der Waals surface area contributed by atoms with Crippen LogP contribution in [0.5, 0.6) is 0 Å². The molecule has 1 unspecified atom stereocenters. The monoisotopic (exact) mass is 310 g/mol. The number of hydrogen-bond acceptors (Lipinski definition) is 3. The van der Waals surface area contributed by atoms with Gasteiger partial charge in [-0.25, -0.2) is 13.6 Å². The van der Waals surface area contributed by atoms with Gasteiger partial charge in [0, 0.05) is 11.6 Å². The van der Waals surface area contributed by atoms with Gasteiger partial charge in [0.05, 0.1) is 4.90 Å². The Balaban J connectivity index is 2.20. The van der Waals surface area contributed by atoms with E-state index in [0.29, 0.717) is 5.56 Å². The molecule has 116 valence electrons. The molecule has 0 radical (unpaired) electrons. The number of rotatable bonds is 3. The van der Waals surface area contributed by atoms with Crippen molar-refractivity contribution in [3.8, 4) is 0 Å². The van der Waals surface area contributed by atoms with Gasteiger partial charge < -0.3 is 5.32 Å². The summed E-state index contributed by atoms with van der Waals surface area (Å²) in [5.74, 6) is -0.235. The summed E-state index contributed by atoms with van der Waals surface area (Å²) in [5.41, 5.74) is 1.35. The maximum Gasteiger partial charge on any atom is 0.251 e. The first-order valence-electron chi connectivity index (χ1n) is 7.03. The van der Waals surface area contributed by atoms with Gasteiger partial charge in [-0.3, -0.25) is 4.79 Å². The Labute approximate surface area is 126 Å². The second kappa shape index (κ2) is 5.42. The van der Waals surface area contributed by atoms with E-state index in [1.165, 1.54) is 12.1 Å². The van der Waals surface area contributed by atoms with Crippen LogP contribution in [0.2, 0.25) is 0 Å². The van der Waals surface area contributed by atoms with Crippen LogP contribution >= 0.6 is 0 Å². The summed E-state index contributed by atoms with van der Waals surface area (Å²) in [6.45, 7) is 6.15. The van der Waals surface area contributed by atoms with Gasteiger partial charge in [0.15, 0.2) is 0 Å². The summed E-state index contributed by atoms with van der Waals surface area (Å²) >= 11 is 0. The molecule has 1 atom stereocenters. The van der Waals surface area contributed by atoms with Crippen molar-refractivity contribution in [1.82, 2.24) is 5.32 Å². The highest BCUT2D eigenvalue weighted by Gasteiger charge is 2.32. The predicted octanol–water partition coefficient (Wildman–Crippen LogP) is 1.95. The number of hydrogen-bond donors (Lipinski definition) is 2. The molecule has 21 heavy (non-hydrogen) atoms. The lowest BCUT2D eigenvalue weighted by Gasteiger charge is -2.18. The van der Waals surface area contributed by atoms with Gasteiger partial charge in [0.1, 0.15) is 0 Å². The average Bonchev–Trinajstić information content (AvgIpc) is 2.67. The van der Waals surface area contributed by atoms with Gasteiger partial charge in [-0.1, -0.05) is 19.9 Å². The third-order valence-corrected chi connectivity index (χ3v) is 5.00. The van der Waals surface area contributed by atoms with Gasteiger partial charge >= 0.3 is 0 Å². The lowest BCUT2D eigenvalue weighted by atomic mass is 9.92. The maximum atomic E-state index is 12.4. The van der Waals surface area contributed by atoms with Gasteiger partial charge in [-0.15, -0.1) is 0 Å². The van der Waals surface area contributed by atoms with Crippen molar-refractivity contribution >= 4 is 15.9 Å². The first-order valence-corrected chi connectivity index (χ1v) is 8.57. The molecule has 1 fully saturated rings. The number of sulfonamides is 1. The number of aryl methyl sites for hydroxylation is 1. The summed E-state index contributed by atoms with van der Waals surface area (Å²) in [5, 5.41) is 8.11. The molecule has 0 aromatic heterocycles.